The van der Waals surface area contributed by atoms with Gasteiger partial charge < -0.3 is 5.73 Å². The number of halogens is 1. The van der Waals surface area contributed by atoms with E-state index in [1.54, 1.807) is 36.4 Å². The molecule has 100 valence electrons. The second-order valence-corrected chi connectivity index (χ2v) is 7.03. The van der Waals surface area contributed by atoms with Crippen molar-refractivity contribution in [2.45, 2.75) is 5.75 Å². The van der Waals surface area contributed by atoms with Crippen LogP contribution in [0, 0.1) is 3.57 Å². The Kier molecular flexibility index (Phi) is 4.31. The van der Waals surface area contributed by atoms with Gasteiger partial charge in [0.2, 0.25) is 10.0 Å². The van der Waals surface area contributed by atoms with Crippen molar-refractivity contribution in [2.75, 3.05) is 10.5 Å². The molecule has 2 rings (SSSR count). The summed E-state index contributed by atoms with van der Waals surface area (Å²) in [5.74, 6) is -0.133. The highest BCUT2D eigenvalue weighted by atomic mass is 127. The average Bonchev–Trinajstić information content (AvgIpc) is 2.35. The van der Waals surface area contributed by atoms with Gasteiger partial charge >= 0.3 is 0 Å². The summed E-state index contributed by atoms with van der Waals surface area (Å²) in [6.07, 6.45) is 0. The molecule has 0 aliphatic heterocycles. The molecule has 0 unspecified atom stereocenters. The van der Waals surface area contributed by atoms with E-state index < -0.39 is 10.0 Å². The Morgan fingerprint density at radius 1 is 1.05 bits per heavy atom. The SMILES string of the molecule is Nc1ccccc1CS(=O)(=O)Nc1ccc(I)cc1. The first-order valence-electron chi connectivity index (χ1n) is 5.56. The van der Waals surface area contributed by atoms with Crippen molar-refractivity contribution in [3.05, 3.63) is 57.7 Å². The summed E-state index contributed by atoms with van der Waals surface area (Å²) < 4.78 is 27.7. The number of sulfonamides is 1. The number of para-hydroxylation sites is 1. The normalized spacial score (nSPS) is 11.2. The lowest BCUT2D eigenvalue weighted by Crippen LogP contribution is -2.15. The van der Waals surface area contributed by atoms with E-state index in [0.717, 1.165) is 3.57 Å². The van der Waals surface area contributed by atoms with Crippen LogP contribution in [0.1, 0.15) is 5.56 Å². The van der Waals surface area contributed by atoms with Crippen LogP contribution in [0.15, 0.2) is 48.5 Å². The molecule has 0 aliphatic rings. The Labute approximate surface area is 126 Å². The second-order valence-electron chi connectivity index (χ2n) is 4.07. The molecule has 0 fully saturated rings. The maximum Gasteiger partial charge on any atom is 0.236 e. The molecular formula is C13H13IN2O2S. The monoisotopic (exact) mass is 388 g/mol. The first-order chi connectivity index (χ1) is 8.96. The lowest BCUT2D eigenvalue weighted by atomic mass is 10.2. The summed E-state index contributed by atoms with van der Waals surface area (Å²) in [5, 5.41) is 0. The lowest BCUT2D eigenvalue weighted by Gasteiger charge is -2.09. The van der Waals surface area contributed by atoms with E-state index in [9.17, 15) is 8.42 Å². The molecule has 0 heterocycles. The molecule has 0 saturated heterocycles. The molecule has 0 aromatic heterocycles. The van der Waals surface area contributed by atoms with E-state index in [2.05, 4.69) is 27.3 Å². The summed E-state index contributed by atoms with van der Waals surface area (Å²) in [6.45, 7) is 0. The van der Waals surface area contributed by atoms with Crippen molar-refractivity contribution in [2.24, 2.45) is 0 Å². The van der Waals surface area contributed by atoms with E-state index in [1.807, 2.05) is 12.1 Å². The van der Waals surface area contributed by atoms with Crippen molar-refractivity contribution in [3.63, 3.8) is 0 Å². The van der Waals surface area contributed by atoms with Crippen molar-refractivity contribution < 1.29 is 8.42 Å². The Bertz CT molecular complexity index is 669. The third-order valence-corrected chi connectivity index (χ3v) is 4.48. The molecule has 19 heavy (non-hydrogen) atoms. The van der Waals surface area contributed by atoms with Crippen LogP contribution in [0.25, 0.3) is 0 Å². The standard InChI is InChI=1S/C13H13IN2O2S/c14-11-5-7-12(8-6-11)16-19(17,18)9-10-3-1-2-4-13(10)15/h1-8,16H,9,15H2. The zero-order valence-electron chi connectivity index (χ0n) is 10.0. The van der Waals surface area contributed by atoms with Gasteiger partial charge in [-0.3, -0.25) is 4.72 Å². The molecule has 4 nitrogen and oxygen atoms in total. The van der Waals surface area contributed by atoms with E-state index >= 15 is 0 Å². The minimum atomic E-state index is -3.46. The van der Waals surface area contributed by atoms with Crippen molar-refractivity contribution in [1.29, 1.82) is 0 Å². The summed E-state index contributed by atoms with van der Waals surface area (Å²) in [7, 11) is -3.46. The van der Waals surface area contributed by atoms with Crippen LogP contribution in [-0.2, 0) is 15.8 Å². The molecule has 2 aromatic rings. The molecule has 0 saturated carbocycles. The fraction of sp³-hybridized carbons (Fsp3) is 0.0769. The van der Waals surface area contributed by atoms with Crippen LogP contribution in [0.5, 0.6) is 0 Å². The maximum absolute atomic E-state index is 12.0. The number of benzene rings is 2. The van der Waals surface area contributed by atoms with E-state index in [0.29, 0.717) is 16.9 Å². The predicted molar refractivity (Wildman–Crippen MR) is 86.3 cm³/mol. The number of rotatable bonds is 4. The van der Waals surface area contributed by atoms with Crippen molar-refractivity contribution in [3.8, 4) is 0 Å². The van der Waals surface area contributed by atoms with E-state index in [-0.39, 0.29) is 5.75 Å². The number of nitrogens with two attached hydrogens (primary N) is 1. The maximum atomic E-state index is 12.0. The van der Waals surface area contributed by atoms with Gasteiger partial charge in [0.1, 0.15) is 0 Å². The summed E-state index contributed by atoms with van der Waals surface area (Å²) in [5.41, 5.74) is 7.38. The fourth-order valence-electron chi connectivity index (χ4n) is 1.60. The van der Waals surface area contributed by atoms with Gasteiger partial charge in [0.25, 0.3) is 0 Å². The Morgan fingerprint density at radius 3 is 2.32 bits per heavy atom. The van der Waals surface area contributed by atoms with Gasteiger partial charge in [-0.1, -0.05) is 18.2 Å². The summed E-state index contributed by atoms with van der Waals surface area (Å²) in [4.78, 5) is 0. The predicted octanol–water partition coefficient (Wildman–Crippen LogP) is 2.82. The molecule has 0 amide bonds. The Morgan fingerprint density at radius 2 is 1.68 bits per heavy atom. The molecule has 6 heteroatoms. The first kappa shape index (κ1) is 14.1. The van der Waals surface area contributed by atoms with Crippen LogP contribution < -0.4 is 10.5 Å². The fourth-order valence-corrected chi connectivity index (χ4v) is 3.20. The van der Waals surface area contributed by atoms with E-state index in [1.165, 1.54) is 0 Å². The minimum Gasteiger partial charge on any atom is -0.398 e. The van der Waals surface area contributed by atoms with Crippen molar-refractivity contribution in [1.82, 2.24) is 0 Å². The van der Waals surface area contributed by atoms with Crippen LogP contribution in [0.3, 0.4) is 0 Å². The van der Waals surface area contributed by atoms with Gasteiger partial charge in [-0.15, -0.1) is 0 Å². The molecule has 2 aromatic carbocycles. The topological polar surface area (TPSA) is 72.2 Å². The highest BCUT2D eigenvalue weighted by Gasteiger charge is 2.13. The van der Waals surface area contributed by atoms with Crippen LogP contribution in [-0.4, -0.2) is 8.42 Å². The highest BCUT2D eigenvalue weighted by Crippen LogP contribution is 2.17. The molecule has 0 atom stereocenters. The smallest absolute Gasteiger partial charge is 0.236 e. The molecule has 0 aliphatic carbocycles. The molecular weight excluding hydrogens is 375 g/mol. The van der Waals surface area contributed by atoms with Gasteiger partial charge in [0.05, 0.1) is 5.75 Å². The number of nitrogens with one attached hydrogen (secondary N) is 1. The zero-order valence-corrected chi connectivity index (χ0v) is 13.0. The Balaban J connectivity index is 2.15. The van der Waals surface area contributed by atoms with Crippen molar-refractivity contribution >= 4 is 44.0 Å². The van der Waals surface area contributed by atoms with Gasteiger partial charge in [-0.05, 0) is 58.5 Å². The third-order valence-electron chi connectivity index (χ3n) is 2.52. The third kappa shape index (κ3) is 4.10. The summed E-state index contributed by atoms with van der Waals surface area (Å²) in [6, 6.07) is 14.1. The van der Waals surface area contributed by atoms with E-state index in [4.69, 9.17) is 5.73 Å². The van der Waals surface area contributed by atoms with Gasteiger partial charge in [-0.25, -0.2) is 8.42 Å². The zero-order chi connectivity index (χ0) is 13.9. The number of hydrogen-bond acceptors (Lipinski definition) is 3. The largest absolute Gasteiger partial charge is 0.398 e. The minimum absolute atomic E-state index is 0.133. The molecule has 3 N–H and O–H groups in total. The van der Waals surface area contributed by atoms with Crippen LogP contribution >= 0.6 is 22.6 Å². The quantitative estimate of drug-likeness (QED) is 0.625. The lowest BCUT2D eigenvalue weighted by molar-refractivity contribution is 0.600. The average molecular weight is 388 g/mol. The van der Waals surface area contributed by atoms with Gasteiger partial charge in [0.15, 0.2) is 0 Å². The number of anilines is 2. The van der Waals surface area contributed by atoms with Gasteiger partial charge in [-0.2, -0.15) is 0 Å². The van der Waals surface area contributed by atoms with Crippen LogP contribution in [0.4, 0.5) is 11.4 Å². The molecule has 0 bridgehead atoms. The second kappa shape index (κ2) is 5.79. The first-order valence-corrected chi connectivity index (χ1v) is 8.29. The van der Waals surface area contributed by atoms with Gasteiger partial charge in [0, 0.05) is 14.9 Å². The summed E-state index contributed by atoms with van der Waals surface area (Å²) >= 11 is 2.16. The van der Waals surface area contributed by atoms with Crippen LogP contribution in [0.2, 0.25) is 0 Å². The number of hydrogen-bond donors (Lipinski definition) is 2. The molecule has 0 radical (unpaired) electrons. The highest BCUT2D eigenvalue weighted by molar-refractivity contribution is 14.1. The Hall–Kier alpha value is -1.28. The molecule has 0 spiro atoms. The number of nitrogen functional groups attached to an aromatic ring is 1.